The average Bonchev–Trinajstić information content (AvgIpc) is 2.99. The van der Waals surface area contributed by atoms with Crippen LogP contribution >= 0.6 is 11.6 Å². The van der Waals surface area contributed by atoms with E-state index in [9.17, 15) is 4.79 Å². The number of piperidine rings is 1. The number of likely N-dealkylation sites (tertiary alicyclic amines) is 1. The van der Waals surface area contributed by atoms with Crippen LogP contribution in [0.3, 0.4) is 0 Å². The van der Waals surface area contributed by atoms with E-state index in [1.807, 2.05) is 12.1 Å². The number of nitrogens with zero attached hydrogens (tertiary/aromatic N) is 1. The molecule has 1 amide bonds. The lowest BCUT2D eigenvalue weighted by Crippen LogP contribution is -2.49. The summed E-state index contributed by atoms with van der Waals surface area (Å²) in [7, 11) is 0. The molecule has 0 aliphatic carbocycles. The van der Waals surface area contributed by atoms with Crippen LogP contribution in [0.2, 0.25) is 5.02 Å². The highest BCUT2D eigenvalue weighted by atomic mass is 35.5. The van der Waals surface area contributed by atoms with Gasteiger partial charge in [0.15, 0.2) is 0 Å². The van der Waals surface area contributed by atoms with Crippen LogP contribution in [0.1, 0.15) is 59.6 Å². The lowest BCUT2D eigenvalue weighted by molar-refractivity contribution is -0.119. The third-order valence-corrected chi connectivity index (χ3v) is 9.36. The van der Waals surface area contributed by atoms with Crippen molar-refractivity contribution >= 4 is 17.5 Å². The molecule has 1 saturated heterocycles. The Morgan fingerprint density at radius 1 is 0.780 bits per heavy atom. The van der Waals surface area contributed by atoms with Gasteiger partial charge in [0.25, 0.3) is 0 Å². The molecule has 5 rings (SSSR count). The average molecular weight is 565 g/mol. The smallest absolute Gasteiger partial charge is 0.216 e. The van der Waals surface area contributed by atoms with Crippen molar-refractivity contribution in [3.8, 4) is 0 Å². The fourth-order valence-corrected chi connectivity index (χ4v) is 6.65. The summed E-state index contributed by atoms with van der Waals surface area (Å²) in [6, 6.07) is 37.3. The molecular formula is C37H41ClN2O. The van der Waals surface area contributed by atoms with Crippen LogP contribution < -0.4 is 5.32 Å². The van der Waals surface area contributed by atoms with Crippen molar-refractivity contribution in [1.82, 2.24) is 10.2 Å². The molecule has 0 saturated carbocycles. The molecule has 4 aromatic carbocycles. The molecule has 4 heteroatoms. The maximum Gasteiger partial charge on any atom is 0.216 e. The fourth-order valence-electron chi connectivity index (χ4n) is 6.53. The largest absolute Gasteiger partial charge is 0.355 e. The third-order valence-electron chi connectivity index (χ3n) is 9.10. The van der Waals surface area contributed by atoms with Crippen molar-refractivity contribution < 1.29 is 4.79 Å². The molecule has 4 aromatic rings. The number of benzene rings is 4. The summed E-state index contributed by atoms with van der Waals surface area (Å²) in [5.74, 6) is 0.0348. The van der Waals surface area contributed by atoms with Gasteiger partial charge >= 0.3 is 0 Å². The number of amides is 1. The minimum Gasteiger partial charge on any atom is -0.355 e. The van der Waals surface area contributed by atoms with Gasteiger partial charge in [0.1, 0.15) is 0 Å². The first kappa shape index (κ1) is 29.1. The highest BCUT2D eigenvalue weighted by Gasteiger charge is 2.39. The van der Waals surface area contributed by atoms with Gasteiger partial charge in [-0.15, -0.1) is 0 Å². The van der Waals surface area contributed by atoms with E-state index in [0.29, 0.717) is 6.54 Å². The Morgan fingerprint density at radius 3 is 1.85 bits per heavy atom. The first-order valence-electron chi connectivity index (χ1n) is 14.7. The zero-order valence-corrected chi connectivity index (χ0v) is 25.3. The third kappa shape index (κ3) is 6.42. The van der Waals surface area contributed by atoms with Gasteiger partial charge < -0.3 is 10.2 Å². The molecule has 1 heterocycles. The van der Waals surface area contributed by atoms with Crippen LogP contribution in [-0.2, 0) is 15.6 Å². The van der Waals surface area contributed by atoms with Crippen LogP contribution in [0.5, 0.6) is 0 Å². The van der Waals surface area contributed by atoms with Gasteiger partial charge in [-0.05, 0) is 87.1 Å². The quantitative estimate of drug-likeness (QED) is 0.210. The van der Waals surface area contributed by atoms with E-state index in [0.717, 1.165) is 43.9 Å². The molecule has 0 spiro atoms. The molecule has 1 unspecified atom stereocenters. The maximum atomic E-state index is 11.9. The molecule has 41 heavy (non-hydrogen) atoms. The van der Waals surface area contributed by atoms with Crippen LogP contribution in [0, 0.1) is 13.8 Å². The fraction of sp³-hybridized carbons (Fsp3) is 0.324. The molecule has 1 N–H and O–H groups in total. The first-order valence-corrected chi connectivity index (χ1v) is 15.1. The molecule has 1 aliphatic rings. The number of halogens is 1. The summed E-state index contributed by atoms with van der Waals surface area (Å²) >= 11 is 6.37. The molecule has 1 aliphatic heterocycles. The summed E-state index contributed by atoms with van der Waals surface area (Å²) in [6.07, 6.45) is 2.98. The molecule has 0 bridgehead atoms. The lowest BCUT2D eigenvalue weighted by atomic mass is 9.67. The van der Waals surface area contributed by atoms with Gasteiger partial charge in [-0.25, -0.2) is 0 Å². The Bertz CT molecular complexity index is 1380. The normalized spacial score (nSPS) is 16.6. The minimum absolute atomic E-state index is 0.0348. The molecule has 212 valence electrons. The predicted octanol–water partition coefficient (Wildman–Crippen LogP) is 7.85. The number of aryl methyl sites for hydroxylation is 2. The monoisotopic (exact) mass is 564 g/mol. The molecule has 0 aromatic heterocycles. The second kappa shape index (κ2) is 12.6. The molecule has 0 radical (unpaired) electrons. The Kier molecular flexibility index (Phi) is 8.97. The Morgan fingerprint density at radius 2 is 1.29 bits per heavy atom. The summed E-state index contributed by atoms with van der Waals surface area (Å²) in [4.78, 5) is 14.5. The highest BCUT2D eigenvalue weighted by Crippen LogP contribution is 2.43. The number of carbonyl (C=O) groups is 1. The summed E-state index contributed by atoms with van der Waals surface area (Å²) in [6.45, 7) is 9.52. The van der Waals surface area contributed by atoms with E-state index >= 15 is 0 Å². The van der Waals surface area contributed by atoms with Gasteiger partial charge in [0.05, 0.1) is 0 Å². The van der Waals surface area contributed by atoms with E-state index < -0.39 is 0 Å². The van der Waals surface area contributed by atoms with Crippen molar-refractivity contribution in [2.24, 2.45) is 0 Å². The van der Waals surface area contributed by atoms with Crippen LogP contribution in [0.25, 0.3) is 0 Å². The summed E-state index contributed by atoms with van der Waals surface area (Å²) in [5.41, 5.74) is 7.35. The van der Waals surface area contributed by atoms with Gasteiger partial charge in [0, 0.05) is 29.3 Å². The first-order chi connectivity index (χ1) is 19.8. The SMILES string of the molecule is CC(=O)NCC1(c2ccc(C)cc2)CCN(CCC(c2ccccc2)(c2ccc(C)cc2)c2ccc(Cl)cc2)CC1. The Balaban J connectivity index is 1.45. The van der Waals surface area contributed by atoms with Gasteiger partial charge in [-0.3, -0.25) is 4.79 Å². The van der Waals surface area contributed by atoms with Crippen LogP contribution in [-0.4, -0.2) is 37.0 Å². The standard InChI is InChI=1S/C37H41ClN2O/c1-28-9-13-31(14-10-28)36(27-39-30(3)41)21-24-40(25-22-36)26-23-37(32-7-5-4-6-8-32,33-15-11-29(2)12-16-33)34-17-19-35(38)20-18-34/h4-20H,21-27H2,1-3H3,(H,39,41). The van der Waals surface area contributed by atoms with Crippen molar-refractivity contribution in [2.45, 2.75) is 50.9 Å². The van der Waals surface area contributed by atoms with E-state index in [1.54, 1.807) is 6.92 Å². The van der Waals surface area contributed by atoms with E-state index in [4.69, 9.17) is 11.6 Å². The van der Waals surface area contributed by atoms with E-state index in [-0.39, 0.29) is 16.7 Å². The Hall–Kier alpha value is -3.40. The summed E-state index contributed by atoms with van der Waals surface area (Å²) < 4.78 is 0. The predicted molar refractivity (Wildman–Crippen MR) is 171 cm³/mol. The van der Waals surface area contributed by atoms with Crippen molar-refractivity contribution in [1.29, 1.82) is 0 Å². The van der Waals surface area contributed by atoms with Gasteiger partial charge in [-0.2, -0.15) is 0 Å². The highest BCUT2D eigenvalue weighted by molar-refractivity contribution is 6.30. The van der Waals surface area contributed by atoms with Gasteiger partial charge in [-0.1, -0.05) is 114 Å². The number of rotatable bonds is 9. The van der Waals surface area contributed by atoms with Crippen molar-refractivity contribution in [3.63, 3.8) is 0 Å². The Labute approximate surface area is 250 Å². The summed E-state index contributed by atoms with van der Waals surface area (Å²) in [5, 5.41) is 3.90. The van der Waals surface area contributed by atoms with Gasteiger partial charge in [0.2, 0.25) is 5.91 Å². The van der Waals surface area contributed by atoms with E-state index in [1.165, 1.54) is 33.4 Å². The van der Waals surface area contributed by atoms with Crippen LogP contribution in [0.15, 0.2) is 103 Å². The number of carbonyl (C=O) groups excluding carboxylic acids is 1. The zero-order chi connectivity index (χ0) is 28.9. The van der Waals surface area contributed by atoms with Crippen molar-refractivity contribution in [3.05, 3.63) is 142 Å². The second-order valence-corrected chi connectivity index (χ2v) is 12.2. The maximum absolute atomic E-state index is 11.9. The zero-order valence-electron chi connectivity index (χ0n) is 24.5. The number of nitrogens with one attached hydrogen (secondary N) is 1. The number of hydrogen-bond donors (Lipinski definition) is 1. The van der Waals surface area contributed by atoms with Crippen molar-refractivity contribution in [2.75, 3.05) is 26.2 Å². The lowest BCUT2D eigenvalue weighted by Gasteiger charge is -2.44. The number of hydrogen-bond acceptors (Lipinski definition) is 2. The minimum atomic E-state index is -0.304. The molecule has 3 nitrogen and oxygen atoms in total. The van der Waals surface area contributed by atoms with Crippen LogP contribution in [0.4, 0.5) is 0 Å². The topological polar surface area (TPSA) is 32.3 Å². The molecular weight excluding hydrogens is 524 g/mol. The van der Waals surface area contributed by atoms with E-state index in [2.05, 4.69) is 115 Å². The molecule has 1 fully saturated rings. The second-order valence-electron chi connectivity index (χ2n) is 11.8. The molecule has 1 atom stereocenters.